The number of hydrogen-bond donors (Lipinski definition) is 1. The third-order valence-electron chi connectivity index (χ3n) is 2.31. The van der Waals surface area contributed by atoms with Gasteiger partial charge >= 0.3 is 5.97 Å². The van der Waals surface area contributed by atoms with E-state index < -0.39 is 11.8 Å². The van der Waals surface area contributed by atoms with Crippen molar-refractivity contribution < 1.29 is 19.0 Å². The number of aromatic nitrogens is 3. The summed E-state index contributed by atoms with van der Waals surface area (Å²) in [6.07, 6.45) is 4.23. The maximum atomic E-state index is 12.9. The van der Waals surface area contributed by atoms with Crippen molar-refractivity contribution in [2.24, 2.45) is 7.05 Å². The van der Waals surface area contributed by atoms with Gasteiger partial charge in [0.05, 0.1) is 6.20 Å². The van der Waals surface area contributed by atoms with Crippen molar-refractivity contribution in [3.05, 3.63) is 41.9 Å². The normalized spacial score (nSPS) is 10.3. The Kier molecular flexibility index (Phi) is 3.22. The SMILES string of the molecule is Cn1ccnc1COc1ncc(F)cc1C(=O)O. The maximum Gasteiger partial charge on any atom is 0.341 e. The number of nitrogens with zero attached hydrogens (tertiary/aromatic N) is 3. The van der Waals surface area contributed by atoms with Gasteiger partial charge < -0.3 is 14.4 Å². The Morgan fingerprint density at radius 2 is 2.33 bits per heavy atom. The third-order valence-corrected chi connectivity index (χ3v) is 2.31. The van der Waals surface area contributed by atoms with E-state index in [1.807, 2.05) is 0 Å². The van der Waals surface area contributed by atoms with Gasteiger partial charge in [-0.2, -0.15) is 0 Å². The van der Waals surface area contributed by atoms with Crippen LogP contribution < -0.4 is 4.74 Å². The van der Waals surface area contributed by atoms with Crippen LogP contribution in [0.1, 0.15) is 16.2 Å². The molecule has 0 aliphatic carbocycles. The summed E-state index contributed by atoms with van der Waals surface area (Å²) in [6, 6.07) is 0.864. The van der Waals surface area contributed by atoms with Gasteiger partial charge in [0, 0.05) is 19.4 Å². The molecule has 1 N–H and O–H groups in total. The van der Waals surface area contributed by atoms with Gasteiger partial charge in [-0.05, 0) is 6.07 Å². The molecule has 2 rings (SSSR count). The molecule has 0 aromatic carbocycles. The van der Waals surface area contributed by atoms with Crippen molar-refractivity contribution in [2.45, 2.75) is 6.61 Å². The number of imidazole rings is 1. The van der Waals surface area contributed by atoms with E-state index in [2.05, 4.69) is 9.97 Å². The average Bonchev–Trinajstić information content (AvgIpc) is 2.73. The molecule has 2 aromatic heterocycles. The van der Waals surface area contributed by atoms with Crippen molar-refractivity contribution in [1.29, 1.82) is 0 Å². The Morgan fingerprint density at radius 3 is 2.94 bits per heavy atom. The number of pyridine rings is 1. The standard InChI is InChI=1S/C11H10FN3O3/c1-15-3-2-13-9(15)6-18-10-8(11(16)17)4-7(12)5-14-10/h2-5H,6H2,1H3,(H,16,17). The minimum absolute atomic E-state index is 0.0579. The molecule has 2 heterocycles. The highest BCUT2D eigenvalue weighted by Crippen LogP contribution is 2.17. The molecule has 0 saturated carbocycles. The molecule has 0 aliphatic heterocycles. The lowest BCUT2D eigenvalue weighted by Gasteiger charge is -2.07. The zero-order valence-corrected chi connectivity index (χ0v) is 9.50. The highest BCUT2D eigenvalue weighted by molar-refractivity contribution is 5.90. The minimum atomic E-state index is -1.29. The summed E-state index contributed by atoms with van der Waals surface area (Å²) in [5.74, 6) is -1.54. The number of rotatable bonds is 4. The monoisotopic (exact) mass is 251 g/mol. The van der Waals surface area contributed by atoms with E-state index in [4.69, 9.17) is 9.84 Å². The lowest BCUT2D eigenvalue weighted by molar-refractivity contribution is 0.0689. The second-order valence-electron chi connectivity index (χ2n) is 3.55. The quantitative estimate of drug-likeness (QED) is 0.884. The molecule has 6 nitrogen and oxygen atoms in total. The molecule has 0 atom stereocenters. The Hall–Kier alpha value is -2.44. The number of aromatic carboxylic acids is 1. The van der Waals surface area contributed by atoms with Crippen LogP contribution >= 0.6 is 0 Å². The fraction of sp³-hybridized carbons (Fsp3) is 0.182. The predicted molar refractivity (Wildman–Crippen MR) is 58.7 cm³/mol. The molecular weight excluding hydrogens is 241 g/mol. The number of halogens is 1. The Balaban J connectivity index is 2.19. The smallest absolute Gasteiger partial charge is 0.341 e. The molecule has 0 radical (unpaired) electrons. The molecule has 0 unspecified atom stereocenters. The van der Waals surface area contributed by atoms with Crippen LogP contribution in [-0.4, -0.2) is 25.6 Å². The highest BCUT2D eigenvalue weighted by atomic mass is 19.1. The van der Waals surface area contributed by atoms with Gasteiger partial charge in [-0.25, -0.2) is 19.2 Å². The van der Waals surface area contributed by atoms with E-state index in [9.17, 15) is 9.18 Å². The van der Waals surface area contributed by atoms with Crippen LogP contribution in [-0.2, 0) is 13.7 Å². The van der Waals surface area contributed by atoms with Crippen LogP contribution in [0, 0.1) is 5.82 Å². The summed E-state index contributed by atoms with van der Waals surface area (Å²) in [6.45, 7) is 0.0579. The van der Waals surface area contributed by atoms with Gasteiger partial charge in [0.1, 0.15) is 23.8 Å². The van der Waals surface area contributed by atoms with Gasteiger partial charge in [0.2, 0.25) is 5.88 Å². The lowest BCUT2D eigenvalue weighted by atomic mass is 10.3. The molecule has 0 fully saturated rings. The van der Waals surface area contributed by atoms with Gasteiger partial charge in [0.15, 0.2) is 0 Å². The Morgan fingerprint density at radius 1 is 1.56 bits per heavy atom. The zero-order chi connectivity index (χ0) is 13.1. The first kappa shape index (κ1) is 12.0. The summed E-state index contributed by atoms with van der Waals surface area (Å²) in [4.78, 5) is 18.5. The second kappa shape index (κ2) is 4.82. The van der Waals surface area contributed by atoms with E-state index in [1.165, 1.54) is 0 Å². The number of hydrogen-bond acceptors (Lipinski definition) is 4. The van der Waals surface area contributed by atoms with Gasteiger partial charge in [0.25, 0.3) is 0 Å². The van der Waals surface area contributed by atoms with Crippen molar-refractivity contribution in [2.75, 3.05) is 0 Å². The number of ether oxygens (including phenoxy) is 1. The van der Waals surface area contributed by atoms with Gasteiger partial charge in [-0.1, -0.05) is 0 Å². The van der Waals surface area contributed by atoms with E-state index >= 15 is 0 Å². The van der Waals surface area contributed by atoms with E-state index in [1.54, 1.807) is 24.0 Å². The third kappa shape index (κ3) is 2.45. The Bertz CT molecular complexity index is 583. The fourth-order valence-electron chi connectivity index (χ4n) is 1.36. The summed E-state index contributed by atoms with van der Waals surface area (Å²) >= 11 is 0. The molecule has 2 aromatic rings. The first-order chi connectivity index (χ1) is 8.58. The molecule has 18 heavy (non-hydrogen) atoms. The summed E-state index contributed by atoms with van der Waals surface area (Å²) in [5, 5.41) is 8.89. The van der Waals surface area contributed by atoms with Gasteiger partial charge in [-0.3, -0.25) is 0 Å². The Labute approximate surface area is 102 Å². The maximum absolute atomic E-state index is 12.9. The largest absolute Gasteiger partial charge is 0.477 e. The molecule has 0 bridgehead atoms. The van der Waals surface area contributed by atoms with Crippen molar-refractivity contribution in [1.82, 2.24) is 14.5 Å². The van der Waals surface area contributed by atoms with E-state index in [0.29, 0.717) is 5.82 Å². The minimum Gasteiger partial charge on any atom is -0.477 e. The summed E-state index contributed by atoms with van der Waals surface area (Å²) in [5.41, 5.74) is -0.316. The number of carboxylic acids is 1. The lowest BCUT2D eigenvalue weighted by Crippen LogP contribution is -2.08. The first-order valence-electron chi connectivity index (χ1n) is 5.06. The molecule has 0 saturated heterocycles. The van der Waals surface area contributed by atoms with Crippen LogP contribution in [0.25, 0.3) is 0 Å². The van der Waals surface area contributed by atoms with Crippen LogP contribution in [0.5, 0.6) is 5.88 Å². The van der Waals surface area contributed by atoms with E-state index in [-0.39, 0.29) is 18.1 Å². The highest BCUT2D eigenvalue weighted by Gasteiger charge is 2.15. The molecule has 0 aliphatic rings. The van der Waals surface area contributed by atoms with E-state index in [0.717, 1.165) is 12.3 Å². The fourth-order valence-corrected chi connectivity index (χ4v) is 1.36. The number of carbonyl (C=O) groups is 1. The zero-order valence-electron chi connectivity index (χ0n) is 9.50. The van der Waals surface area contributed by atoms with Crippen molar-refractivity contribution in [3.8, 4) is 5.88 Å². The van der Waals surface area contributed by atoms with Crippen molar-refractivity contribution in [3.63, 3.8) is 0 Å². The number of aryl methyl sites for hydroxylation is 1. The first-order valence-corrected chi connectivity index (χ1v) is 5.06. The molecular formula is C11H10FN3O3. The summed E-state index contributed by atoms with van der Waals surface area (Å²) < 4.78 is 19.9. The summed E-state index contributed by atoms with van der Waals surface area (Å²) in [7, 11) is 1.78. The molecule has 94 valence electrons. The van der Waals surface area contributed by atoms with Gasteiger partial charge in [-0.15, -0.1) is 0 Å². The van der Waals surface area contributed by atoms with Crippen LogP contribution in [0.2, 0.25) is 0 Å². The molecule has 7 heteroatoms. The molecule has 0 amide bonds. The van der Waals surface area contributed by atoms with Crippen LogP contribution in [0.4, 0.5) is 4.39 Å². The molecule has 0 spiro atoms. The number of carboxylic acid groups (broad SMARTS) is 1. The topological polar surface area (TPSA) is 77.2 Å². The second-order valence-corrected chi connectivity index (χ2v) is 3.55. The average molecular weight is 251 g/mol. The van der Waals surface area contributed by atoms with Crippen LogP contribution in [0.3, 0.4) is 0 Å². The predicted octanol–water partition coefficient (Wildman–Crippen LogP) is 1.23. The van der Waals surface area contributed by atoms with Crippen LogP contribution in [0.15, 0.2) is 24.7 Å². The van der Waals surface area contributed by atoms with Crippen molar-refractivity contribution >= 4 is 5.97 Å².